The lowest BCUT2D eigenvalue weighted by Gasteiger charge is -2.43. The van der Waals surface area contributed by atoms with Gasteiger partial charge in [0.15, 0.2) is 0 Å². The molecule has 88 valence electrons. The summed E-state index contributed by atoms with van der Waals surface area (Å²) in [6.07, 6.45) is 0.919. The van der Waals surface area contributed by atoms with E-state index >= 15 is 0 Å². The van der Waals surface area contributed by atoms with Crippen LogP contribution in [0.2, 0.25) is 0 Å². The summed E-state index contributed by atoms with van der Waals surface area (Å²) in [4.78, 5) is 2.36. The molecule has 3 nitrogen and oxygen atoms in total. The van der Waals surface area contributed by atoms with Gasteiger partial charge in [-0.3, -0.25) is 4.90 Å². The first-order chi connectivity index (χ1) is 7.23. The maximum atomic E-state index is 12.8. The zero-order chi connectivity index (χ0) is 10.7. The summed E-state index contributed by atoms with van der Waals surface area (Å²) in [5, 5.41) is 0. The van der Waals surface area contributed by atoms with E-state index in [1.165, 1.54) is 0 Å². The molecule has 0 bridgehead atoms. The molecule has 2 saturated heterocycles. The number of morpholine rings is 1. The summed E-state index contributed by atoms with van der Waals surface area (Å²) in [5.41, 5.74) is 0.0488. The van der Waals surface area contributed by atoms with E-state index in [0.717, 1.165) is 45.9 Å². The van der Waals surface area contributed by atoms with Crippen LogP contribution in [-0.2, 0) is 9.47 Å². The van der Waals surface area contributed by atoms with Gasteiger partial charge >= 0.3 is 0 Å². The third-order valence-corrected chi connectivity index (χ3v) is 3.43. The second-order valence-corrected chi connectivity index (χ2v) is 4.64. The van der Waals surface area contributed by atoms with Gasteiger partial charge in [-0.05, 0) is 19.8 Å². The van der Waals surface area contributed by atoms with Gasteiger partial charge in [0.2, 0.25) is 0 Å². The Labute approximate surface area is 90.5 Å². The molecule has 0 aromatic carbocycles. The van der Waals surface area contributed by atoms with Gasteiger partial charge in [-0.15, -0.1) is 0 Å². The molecule has 2 rings (SSSR count). The lowest BCUT2D eigenvalue weighted by Crippen LogP contribution is -2.57. The van der Waals surface area contributed by atoms with Crippen molar-refractivity contribution in [1.82, 2.24) is 4.90 Å². The predicted octanol–water partition coefficient (Wildman–Crippen LogP) is 1.23. The lowest BCUT2D eigenvalue weighted by molar-refractivity contribution is -0.0725. The first kappa shape index (κ1) is 11.3. The number of nitrogens with zero attached hydrogens (tertiary/aromatic N) is 1. The van der Waals surface area contributed by atoms with E-state index in [-0.39, 0.29) is 5.54 Å². The van der Waals surface area contributed by atoms with Gasteiger partial charge < -0.3 is 9.47 Å². The highest BCUT2D eigenvalue weighted by Gasteiger charge is 2.42. The second-order valence-electron chi connectivity index (χ2n) is 4.64. The highest BCUT2D eigenvalue weighted by Crippen LogP contribution is 2.29. The number of rotatable bonds is 3. The first-order valence-electron chi connectivity index (χ1n) is 5.78. The number of hydrogen-bond donors (Lipinski definition) is 0. The fraction of sp³-hybridized carbons (Fsp3) is 1.00. The maximum absolute atomic E-state index is 12.8. The Kier molecular flexibility index (Phi) is 3.59. The Morgan fingerprint density at radius 1 is 1.33 bits per heavy atom. The summed E-state index contributed by atoms with van der Waals surface area (Å²) in [6, 6.07) is 0. The molecule has 15 heavy (non-hydrogen) atoms. The van der Waals surface area contributed by atoms with Gasteiger partial charge in [-0.25, -0.2) is 4.39 Å². The molecule has 0 aromatic rings. The van der Waals surface area contributed by atoms with Crippen molar-refractivity contribution < 1.29 is 13.9 Å². The quantitative estimate of drug-likeness (QED) is 0.709. The molecule has 0 radical (unpaired) electrons. The molecule has 1 spiro atoms. The number of ether oxygens (including phenoxy) is 2. The topological polar surface area (TPSA) is 21.7 Å². The van der Waals surface area contributed by atoms with E-state index in [2.05, 4.69) is 4.90 Å². The van der Waals surface area contributed by atoms with Crippen LogP contribution in [-0.4, -0.2) is 56.1 Å². The smallest absolute Gasteiger partial charge is 0.0985 e. The van der Waals surface area contributed by atoms with E-state index < -0.39 is 6.17 Å². The van der Waals surface area contributed by atoms with Crippen LogP contribution in [0, 0.1) is 0 Å². The van der Waals surface area contributed by atoms with Crippen LogP contribution in [0.4, 0.5) is 4.39 Å². The SMILES string of the molecule is C[C@@H](F)CCN1CCOC[C@]12CCOC2. The fourth-order valence-corrected chi connectivity index (χ4v) is 2.41. The average Bonchev–Trinajstić information content (AvgIpc) is 2.66. The third-order valence-electron chi connectivity index (χ3n) is 3.43. The van der Waals surface area contributed by atoms with Crippen LogP contribution in [0.1, 0.15) is 19.8 Å². The third kappa shape index (κ3) is 2.49. The van der Waals surface area contributed by atoms with Gasteiger partial charge in [-0.1, -0.05) is 0 Å². The van der Waals surface area contributed by atoms with Crippen molar-refractivity contribution >= 4 is 0 Å². The first-order valence-corrected chi connectivity index (χ1v) is 5.78. The van der Waals surface area contributed by atoms with Gasteiger partial charge in [0.1, 0.15) is 0 Å². The largest absolute Gasteiger partial charge is 0.379 e. The molecule has 4 heteroatoms. The van der Waals surface area contributed by atoms with Crippen LogP contribution in [0.3, 0.4) is 0 Å². The maximum Gasteiger partial charge on any atom is 0.0985 e. The number of alkyl halides is 1. The van der Waals surface area contributed by atoms with Crippen LogP contribution in [0.5, 0.6) is 0 Å². The van der Waals surface area contributed by atoms with E-state index in [1.807, 2.05) is 0 Å². The molecule has 0 aliphatic carbocycles. The second kappa shape index (κ2) is 4.76. The van der Waals surface area contributed by atoms with Crippen molar-refractivity contribution in [1.29, 1.82) is 0 Å². The highest BCUT2D eigenvalue weighted by molar-refractivity contribution is 4.96. The Bertz CT molecular complexity index is 205. The summed E-state index contributed by atoms with van der Waals surface area (Å²) in [7, 11) is 0. The van der Waals surface area contributed by atoms with Gasteiger partial charge in [-0.2, -0.15) is 0 Å². The molecule has 2 heterocycles. The molecular weight excluding hydrogens is 197 g/mol. The van der Waals surface area contributed by atoms with E-state index in [1.54, 1.807) is 6.92 Å². The predicted molar refractivity (Wildman–Crippen MR) is 55.7 cm³/mol. The zero-order valence-corrected chi connectivity index (χ0v) is 9.38. The van der Waals surface area contributed by atoms with Crippen molar-refractivity contribution in [3.8, 4) is 0 Å². The average molecular weight is 217 g/mol. The lowest BCUT2D eigenvalue weighted by atomic mass is 9.95. The molecule has 0 aromatic heterocycles. The normalized spacial score (nSPS) is 34.8. The number of halogens is 1. The Hall–Kier alpha value is -0.190. The summed E-state index contributed by atoms with van der Waals surface area (Å²) >= 11 is 0. The summed E-state index contributed by atoms with van der Waals surface area (Å²) in [5.74, 6) is 0. The van der Waals surface area contributed by atoms with E-state index in [4.69, 9.17) is 9.47 Å². The van der Waals surface area contributed by atoms with Crippen LogP contribution in [0.25, 0.3) is 0 Å². The minimum Gasteiger partial charge on any atom is -0.379 e. The Morgan fingerprint density at radius 3 is 2.73 bits per heavy atom. The van der Waals surface area contributed by atoms with Crippen LogP contribution < -0.4 is 0 Å². The molecule has 0 N–H and O–H groups in total. The van der Waals surface area contributed by atoms with E-state index in [9.17, 15) is 4.39 Å². The molecule has 2 aliphatic heterocycles. The zero-order valence-electron chi connectivity index (χ0n) is 9.38. The molecule has 0 unspecified atom stereocenters. The summed E-state index contributed by atoms with van der Waals surface area (Å²) in [6.45, 7) is 6.42. The molecule has 0 amide bonds. The minimum atomic E-state index is -0.716. The molecular formula is C11H20FNO2. The Balaban J connectivity index is 1.93. The van der Waals surface area contributed by atoms with Crippen LogP contribution in [0.15, 0.2) is 0 Å². The van der Waals surface area contributed by atoms with Crippen molar-refractivity contribution in [3.05, 3.63) is 0 Å². The van der Waals surface area contributed by atoms with Crippen molar-refractivity contribution in [3.63, 3.8) is 0 Å². The van der Waals surface area contributed by atoms with Gasteiger partial charge in [0.05, 0.1) is 31.5 Å². The number of hydrogen-bond acceptors (Lipinski definition) is 3. The van der Waals surface area contributed by atoms with Gasteiger partial charge in [0, 0.05) is 19.7 Å². The summed E-state index contributed by atoms with van der Waals surface area (Å²) < 4.78 is 23.8. The standard InChI is InChI=1S/C11H20FNO2/c1-10(12)2-4-13-5-7-15-9-11(13)3-6-14-8-11/h10H,2-9H2,1H3/t10-,11-/m1/s1. The van der Waals surface area contributed by atoms with Crippen molar-refractivity contribution in [2.75, 3.05) is 39.5 Å². The van der Waals surface area contributed by atoms with E-state index in [0.29, 0.717) is 6.42 Å². The fourth-order valence-electron chi connectivity index (χ4n) is 2.41. The highest BCUT2D eigenvalue weighted by atomic mass is 19.1. The molecule has 2 atom stereocenters. The van der Waals surface area contributed by atoms with Crippen LogP contribution >= 0.6 is 0 Å². The minimum absolute atomic E-state index is 0.0488. The van der Waals surface area contributed by atoms with Gasteiger partial charge in [0.25, 0.3) is 0 Å². The van der Waals surface area contributed by atoms with Crippen molar-refractivity contribution in [2.45, 2.75) is 31.5 Å². The molecule has 2 fully saturated rings. The molecule has 2 aliphatic rings. The monoisotopic (exact) mass is 217 g/mol. The van der Waals surface area contributed by atoms with Crippen molar-refractivity contribution in [2.24, 2.45) is 0 Å². The Morgan fingerprint density at radius 2 is 2.07 bits per heavy atom. The molecule has 0 saturated carbocycles.